The molecule has 1 fully saturated rings. The number of amides is 3. The van der Waals surface area contributed by atoms with Crippen molar-refractivity contribution in [1.82, 2.24) is 19.9 Å². The molecule has 11 nitrogen and oxygen atoms in total. The Morgan fingerprint density at radius 2 is 1.95 bits per heavy atom. The molecule has 1 saturated heterocycles. The van der Waals surface area contributed by atoms with E-state index in [4.69, 9.17) is 4.74 Å². The van der Waals surface area contributed by atoms with Crippen LogP contribution in [0.25, 0.3) is 5.52 Å². The van der Waals surface area contributed by atoms with Crippen LogP contribution < -0.4 is 20.9 Å². The van der Waals surface area contributed by atoms with Crippen LogP contribution in [-0.4, -0.2) is 59.1 Å². The highest BCUT2D eigenvalue weighted by atomic mass is 16.5. The van der Waals surface area contributed by atoms with Gasteiger partial charge in [0.15, 0.2) is 5.82 Å². The lowest BCUT2D eigenvalue weighted by Crippen LogP contribution is -2.27. The molecule has 3 N–H and O–H groups in total. The molecule has 1 aliphatic rings. The molecule has 3 amide bonds. The zero-order valence-electron chi connectivity index (χ0n) is 22.7. The third-order valence-electron chi connectivity index (χ3n) is 6.91. The Hall–Kier alpha value is -4.77. The summed E-state index contributed by atoms with van der Waals surface area (Å²) in [6.07, 6.45) is 4.45. The molecular weight excluding hydrogens is 510 g/mol. The van der Waals surface area contributed by atoms with E-state index in [9.17, 15) is 14.4 Å². The SMILES string of the molecule is COCCNC(=O)c1cn2ncnc(Nc3cc(C(=O)Nc4cccc(N5CCCC5=O)c4)ccc3C)c2c1C. The molecule has 4 aromatic rings. The van der Waals surface area contributed by atoms with Gasteiger partial charge < -0.3 is 25.6 Å². The lowest BCUT2D eigenvalue weighted by molar-refractivity contribution is -0.117. The number of methoxy groups -OCH3 is 1. The molecule has 0 aliphatic carbocycles. The number of aromatic nitrogens is 3. The highest BCUT2D eigenvalue weighted by Crippen LogP contribution is 2.28. The van der Waals surface area contributed by atoms with Crippen molar-refractivity contribution in [3.8, 4) is 0 Å². The quantitative estimate of drug-likeness (QED) is 0.275. The molecule has 3 heterocycles. The molecule has 206 valence electrons. The van der Waals surface area contributed by atoms with E-state index < -0.39 is 0 Å². The van der Waals surface area contributed by atoms with Gasteiger partial charge in [-0.2, -0.15) is 5.10 Å². The van der Waals surface area contributed by atoms with Crippen LogP contribution in [-0.2, 0) is 9.53 Å². The van der Waals surface area contributed by atoms with Gasteiger partial charge in [-0.1, -0.05) is 12.1 Å². The Balaban J connectivity index is 1.37. The Morgan fingerprint density at radius 3 is 2.73 bits per heavy atom. The number of ether oxygens (including phenoxy) is 1. The molecular formula is C29H31N7O4. The zero-order chi connectivity index (χ0) is 28.2. The van der Waals surface area contributed by atoms with Gasteiger partial charge in [0.25, 0.3) is 11.8 Å². The molecule has 0 saturated carbocycles. The van der Waals surface area contributed by atoms with E-state index in [-0.39, 0.29) is 17.7 Å². The van der Waals surface area contributed by atoms with Crippen molar-refractivity contribution in [2.24, 2.45) is 0 Å². The molecule has 0 radical (unpaired) electrons. The number of nitrogens with zero attached hydrogens (tertiary/aromatic N) is 4. The van der Waals surface area contributed by atoms with Crippen LogP contribution in [0.3, 0.4) is 0 Å². The number of nitrogens with one attached hydrogen (secondary N) is 3. The summed E-state index contributed by atoms with van der Waals surface area (Å²) < 4.78 is 6.62. The number of benzene rings is 2. The monoisotopic (exact) mass is 541 g/mol. The van der Waals surface area contributed by atoms with E-state index in [0.717, 1.165) is 23.2 Å². The third kappa shape index (κ3) is 5.50. The van der Waals surface area contributed by atoms with E-state index in [1.807, 2.05) is 38.1 Å². The van der Waals surface area contributed by atoms with Crippen LogP contribution in [0.1, 0.15) is 44.7 Å². The largest absolute Gasteiger partial charge is 0.383 e. The second-order valence-corrected chi connectivity index (χ2v) is 9.63. The molecule has 5 rings (SSSR count). The van der Waals surface area contributed by atoms with Crippen LogP contribution in [0.5, 0.6) is 0 Å². The number of rotatable bonds is 9. The molecule has 40 heavy (non-hydrogen) atoms. The third-order valence-corrected chi connectivity index (χ3v) is 6.91. The van der Waals surface area contributed by atoms with E-state index in [1.54, 1.807) is 40.9 Å². The van der Waals surface area contributed by atoms with Gasteiger partial charge in [0, 0.05) is 55.4 Å². The van der Waals surface area contributed by atoms with Gasteiger partial charge in [0.05, 0.1) is 12.2 Å². The lowest BCUT2D eigenvalue weighted by Gasteiger charge is -2.17. The second kappa shape index (κ2) is 11.5. The zero-order valence-corrected chi connectivity index (χ0v) is 22.7. The maximum Gasteiger partial charge on any atom is 0.255 e. The van der Waals surface area contributed by atoms with Gasteiger partial charge in [-0.15, -0.1) is 0 Å². The van der Waals surface area contributed by atoms with E-state index in [0.29, 0.717) is 60.0 Å². The summed E-state index contributed by atoms with van der Waals surface area (Å²) in [6, 6.07) is 12.7. The number of carbonyl (C=O) groups is 3. The van der Waals surface area contributed by atoms with Crippen molar-refractivity contribution in [1.29, 1.82) is 0 Å². The molecule has 2 aromatic heterocycles. The van der Waals surface area contributed by atoms with Crippen LogP contribution in [0.4, 0.5) is 22.9 Å². The van der Waals surface area contributed by atoms with Crippen LogP contribution in [0.2, 0.25) is 0 Å². The average molecular weight is 542 g/mol. The minimum absolute atomic E-state index is 0.0913. The Bertz CT molecular complexity index is 1600. The van der Waals surface area contributed by atoms with Crippen molar-refractivity contribution in [3.63, 3.8) is 0 Å². The van der Waals surface area contributed by atoms with Crippen molar-refractivity contribution < 1.29 is 19.1 Å². The van der Waals surface area contributed by atoms with Crippen LogP contribution in [0.15, 0.2) is 55.0 Å². The summed E-state index contributed by atoms with van der Waals surface area (Å²) in [5.74, 6) is 0.0920. The summed E-state index contributed by atoms with van der Waals surface area (Å²) in [5, 5.41) is 13.4. The van der Waals surface area contributed by atoms with Crippen LogP contribution >= 0.6 is 0 Å². The molecule has 0 bridgehead atoms. The first-order chi connectivity index (χ1) is 19.4. The fourth-order valence-electron chi connectivity index (χ4n) is 4.74. The van der Waals surface area contributed by atoms with Crippen molar-refractivity contribution in [2.45, 2.75) is 26.7 Å². The van der Waals surface area contributed by atoms with E-state index in [1.165, 1.54) is 6.33 Å². The predicted octanol–water partition coefficient (Wildman–Crippen LogP) is 3.85. The van der Waals surface area contributed by atoms with Gasteiger partial charge in [0.1, 0.15) is 11.8 Å². The Kier molecular flexibility index (Phi) is 7.74. The molecule has 0 unspecified atom stereocenters. The summed E-state index contributed by atoms with van der Waals surface area (Å²) >= 11 is 0. The number of aryl methyl sites for hydroxylation is 2. The normalized spacial score (nSPS) is 13.1. The maximum absolute atomic E-state index is 13.2. The Labute approximate surface area is 231 Å². The summed E-state index contributed by atoms with van der Waals surface area (Å²) in [6.45, 7) is 5.26. The average Bonchev–Trinajstić information content (AvgIpc) is 3.53. The predicted molar refractivity (Wildman–Crippen MR) is 152 cm³/mol. The van der Waals surface area contributed by atoms with Crippen molar-refractivity contribution in [3.05, 3.63) is 77.2 Å². The fourth-order valence-corrected chi connectivity index (χ4v) is 4.74. The van der Waals surface area contributed by atoms with Crippen LogP contribution in [0, 0.1) is 13.8 Å². The lowest BCUT2D eigenvalue weighted by atomic mass is 10.1. The highest BCUT2D eigenvalue weighted by Gasteiger charge is 2.22. The molecule has 11 heteroatoms. The second-order valence-electron chi connectivity index (χ2n) is 9.63. The topological polar surface area (TPSA) is 130 Å². The van der Waals surface area contributed by atoms with Gasteiger partial charge in [-0.25, -0.2) is 9.50 Å². The first-order valence-corrected chi connectivity index (χ1v) is 13.0. The van der Waals surface area contributed by atoms with Gasteiger partial charge >= 0.3 is 0 Å². The van der Waals surface area contributed by atoms with Gasteiger partial charge in [0.2, 0.25) is 5.91 Å². The fraction of sp³-hybridized carbons (Fsp3) is 0.276. The van der Waals surface area contributed by atoms with Gasteiger partial charge in [-0.05, 0) is 61.7 Å². The van der Waals surface area contributed by atoms with E-state index >= 15 is 0 Å². The first-order valence-electron chi connectivity index (χ1n) is 13.0. The summed E-state index contributed by atoms with van der Waals surface area (Å²) in [7, 11) is 1.58. The van der Waals surface area contributed by atoms with Crippen molar-refractivity contribution >= 4 is 46.1 Å². The Morgan fingerprint density at radius 1 is 1.10 bits per heavy atom. The first kappa shape index (κ1) is 26.8. The van der Waals surface area contributed by atoms with Crippen molar-refractivity contribution in [2.75, 3.05) is 42.3 Å². The minimum Gasteiger partial charge on any atom is -0.383 e. The minimum atomic E-state index is -0.283. The molecule has 1 aliphatic heterocycles. The summed E-state index contributed by atoms with van der Waals surface area (Å²) in [5.41, 5.74) is 5.29. The number of fused-ring (bicyclic) bond motifs is 1. The highest BCUT2D eigenvalue weighted by molar-refractivity contribution is 6.06. The number of hydrogen-bond acceptors (Lipinski definition) is 7. The maximum atomic E-state index is 13.2. The standard InChI is InChI=1S/C29H31N7O4/c1-18-9-10-20(28(38)33-21-6-4-7-22(15-21)35-12-5-8-25(35)37)14-24(18)34-27-26-19(2)23(16-36(26)32-17-31-27)29(39)30-11-13-40-3/h4,6-7,9-10,14-17H,5,8,11-13H2,1-3H3,(H,30,39)(H,33,38)(H,31,32,34). The molecule has 0 spiro atoms. The smallest absolute Gasteiger partial charge is 0.255 e. The summed E-state index contributed by atoms with van der Waals surface area (Å²) in [4.78, 5) is 44.2. The molecule has 2 aromatic carbocycles. The van der Waals surface area contributed by atoms with E-state index in [2.05, 4.69) is 26.0 Å². The molecule has 0 atom stereocenters. The number of anilines is 4. The number of hydrogen-bond donors (Lipinski definition) is 3. The number of carbonyl (C=O) groups excluding carboxylic acids is 3. The van der Waals surface area contributed by atoms with Gasteiger partial charge in [-0.3, -0.25) is 14.4 Å².